The van der Waals surface area contributed by atoms with Crippen LogP contribution in [0.5, 0.6) is 5.75 Å². The normalized spacial score (nSPS) is 23.3. The van der Waals surface area contributed by atoms with Crippen molar-refractivity contribution in [2.24, 2.45) is 11.8 Å². The van der Waals surface area contributed by atoms with Crippen LogP contribution in [0.15, 0.2) is 36.8 Å². The molecule has 1 aliphatic carbocycles. The molecule has 3 N–H and O–H groups in total. The van der Waals surface area contributed by atoms with E-state index in [1.807, 2.05) is 12.3 Å². The van der Waals surface area contributed by atoms with Crippen LogP contribution < -0.4 is 15.8 Å². The Kier molecular flexibility index (Phi) is 5.73. The number of aromatic nitrogens is 3. The Labute approximate surface area is 195 Å². The first kappa shape index (κ1) is 21.5. The molecule has 1 saturated heterocycles. The van der Waals surface area contributed by atoms with Gasteiger partial charge in [-0.3, -0.25) is 4.68 Å². The van der Waals surface area contributed by atoms with Crippen molar-refractivity contribution >= 4 is 29.0 Å². The third kappa shape index (κ3) is 3.93. The van der Waals surface area contributed by atoms with Gasteiger partial charge in [0.1, 0.15) is 11.9 Å². The number of nitrogens with two attached hydrogens (primary N) is 1. The van der Waals surface area contributed by atoms with Crippen LogP contribution in [0.2, 0.25) is 10.0 Å². The Morgan fingerprint density at radius 3 is 2.69 bits per heavy atom. The highest BCUT2D eigenvalue weighted by molar-refractivity contribution is 6.36. The molecule has 3 atom stereocenters. The summed E-state index contributed by atoms with van der Waals surface area (Å²) in [5, 5.41) is 8.35. The second-order valence-corrected chi connectivity index (χ2v) is 9.42. The second kappa shape index (κ2) is 8.54. The van der Waals surface area contributed by atoms with Crippen molar-refractivity contribution in [3.05, 3.63) is 58.2 Å². The van der Waals surface area contributed by atoms with E-state index in [1.54, 1.807) is 13.1 Å². The predicted octanol–water partition coefficient (Wildman–Crippen LogP) is 5.28. The SMILES string of the molecule is CC(Oc1cc(-c2cnn(C3CC4CNCC4C3)c2)cnc1N)c1c(Cl)ccc(F)c1Cl. The molecule has 0 radical (unpaired) electrons. The number of hydrogen-bond acceptors (Lipinski definition) is 5. The van der Waals surface area contributed by atoms with Crippen molar-refractivity contribution in [3.8, 4) is 16.9 Å². The molecular formula is C23H24Cl2FN5O. The van der Waals surface area contributed by atoms with Gasteiger partial charge in [-0.25, -0.2) is 9.37 Å². The highest BCUT2D eigenvalue weighted by Crippen LogP contribution is 2.42. The maximum atomic E-state index is 13.9. The minimum atomic E-state index is -0.626. The van der Waals surface area contributed by atoms with Gasteiger partial charge in [0.15, 0.2) is 11.6 Å². The van der Waals surface area contributed by atoms with Gasteiger partial charge >= 0.3 is 0 Å². The Morgan fingerprint density at radius 1 is 1.19 bits per heavy atom. The van der Waals surface area contributed by atoms with Gasteiger partial charge in [0, 0.05) is 34.1 Å². The van der Waals surface area contributed by atoms with Crippen molar-refractivity contribution in [1.29, 1.82) is 0 Å². The lowest BCUT2D eigenvalue weighted by Crippen LogP contribution is -2.14. The van der Waals surface area contributed by atoms with Gasteiger partial charge in [0.05, 0.1) is 17.3 Å². The third-order valence-electron chi connectivity index (χ3n) is 6.61. The highest BCUT2D eigenvalue weighted by atomic mass is 35.5. The van der Waals surface area contributed by atoms with Crippen LogP contribution in [0.25, 0.3) is 11.1 Å². The third-order valence-corrected chi connectivity index (χ3v) is 7.32. The molecule has 3 heterocycles. The van der Waals surface area contributed by atoms with E-state index in [1.165, 1.54) is 12.1 Å². The number of ether oxygens (including phenoxy) is 1. The lowest BCUT2D eigenvalue weighted by molar-refractivity contribution is 0.227. The number of halogens is 3. The van der Waals surface area contributed by atoms with Gasteiger partial charge < -0.3 is 15.8 Å². The maximum absolute atomic E-state index is 13.9. The van der Waals surface area contributed by atoms with Gasteiger partial charge in [0.2, 0.25) is 0 Å². The summed E-state index contributed by atoms with van der Waals surface area (Å²) in [5.74, 6) is 1.54. The van der Waals surface area contributed by atoms with Crippen molar-refractivity contribution in [2.75, 3.05) is 18.8 Å². The molecule has 1 aromatic carbocycles. The first-order valence-corrected chi connectivity index (χ1v) is 11.5. The summed E-state index contributed by atoms with van der Waals surface area (Å²) in [6.45, 7) is 3.95. The van der Waals surface area contributed by atoms with E-state index in [9.17, 15) is 4.39 Å². The van der Waals surface area contributed by atoms with Crippen LogP contribution in [0.3, 0.4) is 0 Å². The molecule has 32 heavy (non-hydrogen) atoms. The fourth-order valence-electron chi connectivity index (χ4n) is 4.91. The zero-order valence-corrected chi connectivity index (χ0v) is 19.1. The molecule has 3 unspecified atom stereocenters. The number of benzene rings is 1. The molecule has 0 spiro atoms. The lowest BCUT2D eigenvalue weighted by atomic mass is 10.0. The number of pyridine rings is 1. The number of fused-ring (bicyclic) bond motifs is 1. The van der Waals surface area contributed by atoms with Crippen molar-refractivity contribution in [2.45, 2.75) is 31.9 Å². The molecule has 2 fully saturated rings. The van der Waals surface area contributed by atoms with E-state index in [0.29, 0.717) is 22.4 Å². The van der Waals surface area contributed by atoms with Crippen LogP contribution in [0.4, 0.5) is 10.2 Å². The van der Waals surface area contributed by atoms with E-state index in [4.69, 9.17) is 33.7 Å². The number of nitrogen functional groups attached to an aromatic ring is 1. The van der Waals surface area contributed by atoms with Crippen LogP contribution in [-0.4, -0.2) is 27.9 Å². The van der Waals surface area contributed by atoms with E-state index in [2.05, 4.69) is 26.3 Å². The van der Waals surface area contributed by atoms with Gasteiger partial charge in [-0.05, 0) is 62.9 Å². The summed E-state index contributed by atoms with van der Waals surface area (Å²) in [4.78, 5) is 4.29. The smallest absolute Gasteiger partial charge is 0.166 e. The minimum absolute atomic E-state index is 0.0644. The van der Waals surface area contributed by atoms with Crippen LogP contribution in [0, 0.1) is 17.7 Å². The quantitative estimate of drug-likeness (QED) is 0.490. The monoisotopic (exact) mass is 475 g/mol. The summed E-state index contributed by atoms with van der Waals surface area (Å²) < 4.78 is 22.0. The number of hydrogen-bond donors (Lipinski definition) is 2. The average molecular weight is 476 g/mol. The molecular weight excluding hydrogens is 452 g/mol. The van der Waals surface area contributed by atoms with Gasteiger partial charge in [-0.2, -0.15) is 5.10 Å². The first-order valence-electron chi connectivity index (χ1n) is 10.7. The average Bonchev–Trinajstić information content (AvgIpc) is 3.48. The van der Waals surface area contributed by atoms with E-state index in [0.717, 1.165) is 48.9 Å². The molecule has 2 aromatic heterocycles. The Bertz CT molecular complexity index is 1140. The zero-order valence-electron chi connectivity index (χ0n) is 17.6. The minimum Gasteiger partial charge on any atom is -0.482 e. The summed E-state index contributed by atoms with van der Waals surface area (Å²) >= 11 is 12.4. The van der Waals surface area contributed by atoms with Crippen LogP contribution in [-0.2, 0) is 0 Å². The standard InChI is InChI=1S/C23H24Cl2FN5O/c1-12(21-18(24)2-3-19(26)22(21)25)32-20-6-15(9-29-23(20)27)16-10-30-31(11-16)17-4-13-7-28-8-14(13)5-17/h2-3,6,9-14,17,28H,4-5,7-8H2,1H3,(H2,27,29). The van der Waals surface area contributed by atoms with Gasteiger partial charge in [-0.15, -0.1) is 0 Å². The zero-order chi connectivity index (χ0) is 22.4. The molecule has 0 bridgehead atoms. The van der Waals surface area contributed by atoms with E-state index in [-0.39, 0.29) is 10.8 Å². The van der Waals surface area contributed by atoms with E-state index >= 15 is 0 Å². The fraction of sp³-hybridized carbons (Fsp3) is 0.391. The van der Waals surface area contributed by atoms with Gasteiger partial charge in [0.25, 0.3) is 0 Å². The topological polar surface area (TPSA) is 78.0 Å². The van der Waals surface area contributed by atoms with Crippen LogP contribution >= 0.6 is 23.2 Å². The number of nitrogens with zero attached hydrogens (tertiary/aromatic N) is 3. The van der Waals surface area contributed by atoms with Crippen molar-refractivity contribution in [1.82, 2.24) is 20.1 Å². The van der Waals surface area contributed by atoms with Crippen molar-refractivity contribution in [3.63, 3.8) is 0 Å². The maximum Gasteiger partial charge on any atom is 0.166 e. The molecule has 1 aliphatic heterocycles. The Hall–Kier alpha value is -2.35. The lowest BCUT2D eigenvalue weighted by Gasteiger charge is -2.19. The molecule has 9 heteroatoms. The summed E-state index contributed by atoms with van der Waals surface area (Å²) in [6.07, 6.45) is 7.27. The molecule has 5 rings (SSSR count). The Balaban J connectivity index is 1.37. The van der Waals surface area contributed by atoms with E-state index < -0.39 is 11.9 Å². The molecule has 168 valence electrons. The van der Waals surface area contributed by atoms with Gasteiger partial charge in [-0.1, -0.05) is 23.2 Å². The largest absolute Gasteiger partial charge is 0.482 e. The number of nitrogens with one attached hydrogen (secondary N) is 1. The molecule has 2 aliphatic rings. The highest BCUT2D eigenvalue weighted by Gasteiger charge is 2.38. The summed E-state index contributed by atoms with van der Waals surface area (Å²) in [7, 11) is 0. The molecule has 3 aromatic rings. The number of rotatable bonds is 5. The first-order chi connectivity index (χ1) is 15.4. The predicted molar refractivity (Wildman–Crippen MR) is 123 cm³/mol. The fourth-order valence-corrected chi connectivity index (χ4v) is 5.59. The summed E-state index contributed by atoms with van der Waals surface area (Å²) in [6, 6.07) is 4.92. The van der Waals surface area contributed by atoms with Crippen LogP contribution in [0.1, 0.15) is 37.5 Å². The molecule has 0 amide bonds. The summed E-state index contributed by atoms with van der Waals surface area (Å²) in [5.41, 5.74) is 8.20. The van der Waals surface area contributed by atoms with Crippen molar-refractivity contribution < 1.29 is 9.13 Å². The number of anilines is 1. The Morgan fingerprint density at radius 2 is 1.94 bits per heavy atom. The molecule has 6 nitrogen and oxygen atoms in total. The second-order valence-electron chi connectivity index (χ2n) is 8.64. The molecule has 1 saturated carbocycles.